The maximum atomic E-state index is 10.6. The maximum absolute atomic E-state index is 10.6. The number of hydrogen-bond acceptors (Lipinski definition) is 4. The van der Waals surface area contributed by atoms with Gasteiger partial charge in [-0.1, -0.05) is 0 Å². The molecule has 1 saturated heterocycles. The number of nitro groups is 1. The molecule has 6 heteroatoms. The summed E-state index contributed by atoms with van der Waals surface area (Å²) in [6, 6.07) is 4.46. The standard InChI is InChI=1S/C11H12BrNO4/c12-10-4-3-8(13(14)15)6-11(10)17-7-9-2-1-5-16-9/h3-4,6,9H,1-2,5,7H2. The van der Waals surface area contributed by atoms with Gasteiger partial charge in [0, 0.05) is 12.7 Å². The topological polar surface area (TPSA) is 61.6 Å². The van der Waals surface area contributed by atoms with Gasteiger partial charge in [0.1, 0.15) is 12.4 Å². The van der Waals surface area contributed by atoms with Gasteiger partial charge in [0.25, 0.3) is 5.69 Å². The van der Waals surface area contributed by atoms with Crippen molar-refractivity contribution in [1.29, 1.82) is 0 Å². The molecule has 1 unspecified atom stereocenters. The highest BCUT2D eigenvalue weighted by Crippen LogP contribution is 2.29. The predicted octanol–water partition coefficient (Wildman–Crippen LogP) is 2.92. The van der Waals surface area contributed by atoms with Crippen molar-refractivity contribution in [2.45, 2.75) is 18.9 Å². The van der Waals surface area contributed by atoms with Crippen LogP contribution in [0.1, 0.15) is 12.8 Å². The number of ether oxygens (including phenoxy) is 2. The summed E-state index contributed by atoms with van der Waals surface area (Å²) in [6.07, 6.45) is 2.12. The Hall–Kier alpha value is -1.14. The van der Waals surface area contributed by atoms with Crippen LogP contribution in [0.3, 0.4) is 0 Å². The largest absolute Gasteiger partial charge is 0.489 e. The van der Waals surface area contributed by atoms with E-state index in [0.717, 1.165) is 19.4 Å². The second-order valence-corrected chi connectivity index (χ2v) is 4.67. The lowest BCUT2D eigenvalue weighted by atomic mass is 10.2. The van der Waals surface area contributed by atoms with Crippen molar-refractivity contribution >= 4 is 21.6 Å². The highest BCUT2D eigenvalue weighted by Gasteiger charge is 2.17. The molecular weight excluding hydrogens is 290 g/mol. The van der Waals surface area contributed by atoms with Crippen LogP contribution in [0.5, 0.6) is 5.75 Å². The fourth-order valence-corrected chi connectivity index (χ4v) is 2.04. The monoisotopic (exact) mass is 301 g/mol. The van der Waals surface area contributed by atoms with Crippen molar-refractivity contribution in [2.75, 3.05) is 13.2 Å². The Morgan fingerprint density at radius 2 is 2.41 bits per heavy atom. The highest BCUT2D eigenvalue weighted by atomic mass is 79.9. The molecule has 0 spiro atoms. The third-order valence-corrected chi connectivity index (χ3v) is 3.23. The van der Waals surface area contributed by atoms with E-state index in [1.54, 1.807) is 6.07 Å². The summed E-state index contributed by atoms with van der Waals surface area (Å²) in [5.74, 6) is 0.481. The molecule has 17 heavy (non-hydrogen) atoms. The summed E-state index contributed by atoms with van der Waals surface area (Å²) >= 11 is 3.30. The second-order valence-electron chi connectivity index (χ2n) is 3.82. The molecule has 92 valence electrons. The van der Waals surface area contributed by atoms with Crippen LogP contribution in [-0.4, -0.2) is 24.2 Å². The Labute approximate surface area is 107 Å². The number of benzene rings is 1. The number of hydrogen-bond donors (Lipinski definition) is 0. The second kappa shape index (κ2) is 5.46. The van der Waals surface area contributed by atoms with E-state index in [0.29, 0.717) is 16.8 Å². The van der Waals surface area contributed by atoms with Crippen molar-refractivity contribution in [1.82, 2.24) is 0 Å². The average Bonchev–Trinajstić information content (AvgIpc) is 2.80. The summed E-state index contributed by atoms with van der Waals surface area (Å²) in [5, 5.41) is 10.6. The highest BCUT2D eigenvalue weighted by molar-refractivity contribution is 9.10. The first-order chi connectivity index (χ1) is 8.16. The molecule has 0 N–H and O–H groups in total. The minimum atomic E-state index is -0.439. The van der Waals surface area contributed by atoms with Crippen LogP contribution in [-0.2, 0) is 4.74 Å². The van der Waals surface area contributed by atoms with Gasteiger partial charge in [-0.25, -0.2) is 0 Å². The van der Waals surface area contributed by atoms with E-state index in [1.165, 1.54) is 12.1 Å². The summed E-state index contributed by atoms with van der Waals surface area (Å²) < 4.78 is 11.7. The Bertz CT molecular complexity index is 418. The molecule has 2 rings (SSSR count). The molecule has 0 amide bonds. The average molecular weight is 302 g/mol. The SMILES string of the molecule is O=[N+]([O-])c1ccc(Br)c(OCC2CCCO2)c1. The molecule has 5 nitrogen and oxygen atoms in total. The molecule has 1 heterocycles. The Morgan fingerprint density at radius 3 is 3.06 bits per heavy atom. The Kier molecular flexibility index (Phi) is 3.96. The van der Waals surface area contributed by atoms with Gasteiger partial charge < -0.3 is 9.47 Å². The molecule has 1 atom stereocenters. The van der Waals surface area contributed by atoms with Gasteiger partial charge >= 0.3 is 0 Å². The normalized spacial score (nSPS) is 19.2. The zero-order chi connectivity index (χ0) is 12.3. The zero-order valence-corrected chi connectivity index (χ0v) is 10.7. The van der Waals surface area contributed by atoms with Crippen LogP contribution in [0.25, 0.3) is 0 Å². The summed E-state index contributed by atoms with van der Waals surface area (Å²) in [5.41, 5.74) is 0.0236. The van der Waals surface area contributed by atoms with Crippen molar-refractivity contribution in [3.05, 3.63) is 32.8 Å². The molecule has 1 fully saturated rings. The molecule has 0 bridgehead atoms. The van der Waals surface area contributed by atoms with Crippen LogP contribution in [0.4, 0.5) is 5.69 Å². The lowest BCUT2D eigenvalue weighted by molar-refractivity contribution is -0.385. The van der Waals surface area contributed by atoms with Crippen LogP contribution < -0.4 is 4.74 Å². The van der Waals surface area contributed by atoms with Crippen LogP contribution in [0, 0.1) is 10.1 Å². The number of halogens is 1. The fourth-order valence-electron chi connectivity index (χ4n) is 1.67. The third-order valence-electron chi connectivity index (χ3n) is 2.57. The summed E-state index contributed by atoms with van der Waals surface area (Å²) in [6.45, 7) is 1.20. The number of non-ortho nitro benzene ring substituents is 1. The molecule has 0 aromatic heterocycles. The van der Waals surface area contributed by atoms with Gasteiger partial charge in [0.15, 0.2) is 0 Å². The fraction of sp³-hybridized carbons (Fsp3) is 0.455. The third kappa shape index (κ3) is 3.17. The molecule has 0 radical (unpaired) electrons. The summed E-state index contributed by atoms with van der Waals surface area (Å²) in [7, 11) is 0. The molecule has 1 aromatic rings. The van der Waals surface area contributed by atoms with E-state index in [-0.39, 0.29) is 11.8 Å². The first kappa shape index (κ1) is 12.3. The van der Waals surface area contributed by atoms with Gasteiger partial charge in [0.05, 0.1) is 21.6 Å². The van der Waals surface area contributed by atoms with Crippen LogP contribution in [0.2, 0.25) is 0 Å². The van der Waals surface area contributed by atoms with Crippen molar-refractivity contribution in [3.8, 4) is 5.75 Å². The molecular formula is C11H12BrNO4. The van der Waals surface area contributed by atoms with Crippen molar-refractivity contribution in [2.24, 2.45) is 0 Å². The number of rotatable bonds is 4. The number of nitrogens with zero attached hydrogens (tertiary/aromatic N) is 1. The number of nitro benzene ring substituents is 1. The Balaban J connectivity index is 2.03. The van der Waals surface area contributed by atoms with Gasteiger partial charge in [-0.3, -0.25) is 10.1 Å². The van der Waals surface area contributed by atoms with Gasteiger partial charge in [-0.15, -0.1) is 0 Å². The zero-order valence-electron chi connectivity index (χ0n) is 9.10. The van der Waals surface area contributed by atoms with Gasteiger partial charge in [-0.2, -0.15) is 0 Å². The molecule has 0 aliphatic carbocycles. The Morgan fingerprint density at radius 1 is 1.59 bits per heavy atom. The molecule has 1 aromatic carbocycles. The predicted molar refractivity (Wildman–Crippen MR) is 65.3 cm³/mol. The van der Waals surface area contributed by atoms with E-state index in [9.17, 15) is 10.1 Å². The maximum Gasteiger partial charge on any atom is 0.273 e. The van der Waals surface area contributed by atoms with Crippen molar-refractivity contribution < 1.29 is 14.4 Å². The van der Waals surface area contributed by atoms with E-state index in [2.05, 4.69) is 15.9 Å². The minimum absolute atomic E-state index is 0.0236. The van der Waals surface area contributed by atoms with Gasteiger partial charge in [0.2, 0.25) is 0 Å². The van der Waals surface area contributed by atoms with Gasteiger partial charge in [-0.05, 0) is 34.8 Å². The van der Waals surface area contributed by atoms with Crippen molar-refractivity contribution in [3.63, 3.8) is 0 Å². The first-order valence-corrected chi connectivity index (χ1v) is 6.14. The van der Waals surface area contributed by atoms with E-state index in [4.69, 9.17) is 9.47 Å². The van der Waals surface area contributed by atoms with E-state index < -0.39 is 4.92 Å². The van der Waals surface area contributed by atoms with E-state index in [1.807, 2.05) is 0 Å². The lowest BCUT2D eigenvalue weighted by Crippen LogP contribution is -2.16. The van der Waals surface area contributed by atoms with E-state index >= 15 is 0 Å². The van der Waals surface area contributed by atoms with Crippen LogP contribution in [0.15, 0.2) is 22.7 Å². The van der Waals surface area contributed by atoms with Crippen LogP contribution >= 0.6 is 15.9 Å². The smallest absolute Gasteiger partial charge is 0.273 e. The molecule has 1 aliphatic rings. The minimum Gasteiger partial charge on any atom is -0.489 e. The molecule has 1 aliphatic heterocycles. The molecule has 0 saturated carbocycles. The first-order valence-electron chi connectivity index (χ1n) is 5.35. The lowest BCUT2D eigenvalue weighted by Gasteiger charge is -2.12. The summed E-state index contributed by atoms with van der Waals surface area (Å²) in [4.78, 5) is 10.2. The quantitative estimate of drug-likeness (QED) is 0.634.